The van der Waals surface area contributed by atoms with Crippen molar-refractivity contribution >= 4 is 28.0 Å². The first kappa shape index (κ1) is 25.1. The van der Waals surface area contributed by atoms with Crippen LogP contribution in [-0.4, -0.2) is 49.8 Å². The molecule has 7 nitrogen and oxygen atoms in total. The van der Waals surface area contributed by atoms with Gasteiger partial charge >= 0.3 is 5.97 Å². The third kappa shape index (κ3) is 6.90. The van der Waals surface area contributed by atoms with Crippen LogP contribution in [0, 0.1) is 5.92 Å². The van der Waals surface area contributed by atoms with Crippen molar-refractivity contribution in [1.29, 1.82) is 0 Å². The molecule has 1 amide bonds. The maximum Gasteiger partial charge on any atom is 0.331 e. The van der Waals surface area contributed by atoms with Crippen molar-refractivity contribution < 1.29 is 22.7 Å². The van der Waals surface area contributed by atoms with Gasteiger partial charge in [0.05, 0.1) is 4.90 Å². The molecule has 0 bridgehead atoms. The van der Waals surface area contributed by atoms with Crippen LogP contribution in [0.15, 0.2) is 35.2 Å². The average molecular weight is 451 g/mol. The van der Waals surface area contributed by atoms with Gasteiger partial charge in [0, 0.05) is 25.2 Å². The minimum absolute atomic E-state index is 0.129. The fourth-order valence-corrected chi connectivity index (χ4v) is 5.18. The van der Waals surface area contributed by atoms with E-state index >= 15 is 0 Å². The van der Waals surface area contributed by atoms with Crippen LogP contribution >= 0.6 is 0 Å². The number of ether oxygens (including phenoxy) is 1. The minimum atomic E-state index is -3.52. The number of hydrogen-bond acceptors (Lipinski definition) is 5. The van der Waals surface area contributed by atoms with Crippen LogP contribution in [0.3, 0.4) is 0 Å². The second kappa shape index (κ2) is 11.4. The van der Waals surface area contributed by atoms with Crippen molar-refractivity contribution in [3.63, 3.8) is 0 Å². The predicted octanol–water partition coefficient (Wildman–Crippen LogP) is 3.36. The van der Waals surface area contributed by atoms with E-state index in [9.17, 15) is 18.0 Å². The second-order valence-corrected chi connectivity index (χ2v) is 9.89. The second-order valence-electron chi connectivity index (χ2n) is 7.95. The van der Waals surface area contributed by atoms with E-state index in [0.29, 0.717) is 24.6 Å². The summed E-state index contributed by atoms with van der Waals surface area (Å²) in [6.45, 7) is 8.07. The molecule has 172 valence electrons. The third-order valence-corrected chi connectivity index (χ3v) is 7.80. The molecule has 2 rings (SSSR count). The molecule has 0 heterocycles. The Morgan fingerprint density at radius 3 is 2.35 bits per heavy atom. The Morgan fingerprint density at radius 2 is 1.77 bits per heavy atom. The number of benzene rings is 1. The summed E-state index contributed by atoms with van der Waals surface area (Å²) in [6.07, 6.45) is 6.22. The van der Waals surface area contributed by atoms with Gasteiger partial charge in [0.1, 0.15) is 0 Å². The quantitative estimate of drug-likeness (QED) is 0.460. The van der Waals surface area contributed by atoms with Crippen molar-refractivity contribution in [2.75, 3.05) is 13.1 Å². The summed E-state index contributed by atoms with van der Waals surface area (Å²) in [4.78, 5) is 24.6. The number of esters is 1. The van der Waals surface area contributed by atoms with Crippen LogP contribution in [0.25, 0.3) is 6.08 Å². The highest BCUT2D eigenvalue weighted by Crippen LogP contribution is 2.23. The molecular weight excluding hydrogens is 416 g/mol. The molecule has 0 radical (unpaired) electrons. The van der Waals surface area contributed by atoms with Gasteiger partial charge in [-0.1, -0.05) is 45.7 Å². The van der Waals surface area contributed by atoms with Gasteiger partial charge < -0.3 is 10.1 Å². The molecule has 1 aliphatic carbocycles. The first-order chi connectivity index (χ1) is 14.7. The van der Waals surface area contributed by atoms with Crippen LogP contribution in [0.5, 0.6) is 0 Å². The number of sulfonamides is 1. The standard InChI is InChI=1S/C23H34N2O5S/c1-5-25(6-2)31(28,29)20-14-11-19(12-15-20)13-16-22(26)30-18(4)23(27)24-21-10-8-7-9-17(21)3/h11-18,21H,5-10H2,1-4H3,(H,24,27)/b16-13+. The number of nitrogens with zero attached hydrogens (tertiary/aromatic N) is 1. The molecule has 1 aromatic carbocycles. The highest BCUT2D eigenvalue weighted by molar-refractivity contribution is 7.89. The van der Waals surface area contributed by atoms with Crippen LogP contribution in [0.4, 0.5) is 0 Å². The molecule has 1 aromatic rings. The summed E-state index contributed by atoms with van der Waals surface area (Å²) in [5, 5.41) is 2.99. The van der Waals surface area contributed by atoms with Gasteiger partial charge in [-0.3, -0.25) is 4.79 Å². The molecule has 0 saturated heterocycles. The molecule has 1 saturated carbocycles. The number of carbonyl (C=O) groups excluding carboxylic acids is 2. The normalized spacial score (nSPS) is 20.5. The Kier molecular flexibility index (Phi) is 9.25. The molecule has 1 N–H and O–H groups in total. The van der Waals surface area contributed by atoms with E-state index in [4.69, 9.17) is 4.74 Å². The van der Waals surface area contributed by atoms with E-state index in [-0.39, 0.29) is 16.8 Å². The molecule has 1 fully saturated rings. The van der Waals surface area contributed by atoms with Crippen molar-refractivity contribution in [2.24, 2.45) is 5.92 Å². The molecular formula is C23H34N2O5S. The smallest absolute Gasteiger partial charge is 0.331 e. The predicted molar refractivity (Wildman–Crippen MR) is 121 cm³/mol. The van der Waals surface area contributed by atoms with Crippen LogP contribution < -0.4 is 5.32 Å². The SMILES string of the molecule is CCN(CC)S(=O)(=O)c1ccc(/C=C/C(=O)OC(C)C(=O)NC2CCCCC2C)cc1. The first-order valence-corrected chi connectivity index (χ1v) is 12.4. The highest BCUT2D eigenvalue weighted by atomic mass is 32.2. The van der Waals surface area contributed by atoms with Crippen LogP contribution in [-0.2, 0) is 24.3 Å². The van der Waals surface area contributed by atoms with E-state index in [1.807, 2.05) is 0 Å². The first-order valence-electron chi connectivity index (χ1n) is 11.0. The minimum Gasteiger partial charge on any atom is -0.449 e. The Balaban J connectivity index is 1.91. The lowest BCUT2D eigenvalue weighted by molar-refractivity contribution is -0.150. The maximum absolute atomic E-state index is 12.5. The lowest BCUT2D eigenvalue weighted by atomic mass is 9.86. The number of rotatable bonds is 9. The Morgan fingerprint density at radius 1 is 1.16 bits per heavy atom. The summed E-state index contributed by atoms with van der Waals surface area (Å²) in [7, 11) is -3.52. The largest absolute Gasteiger partial charge is 0.449 e. The molecule has 3 atom stereocenters. The number of hydrogen-bond donors (Lipinski definition) is 1. The topological polar surface area (TPSA) is 92.8 Å². The van der Waals surface area contributed by atoms with Gasteiger partial charge in [0.15, 0.2) is 6.10 Å². The van der Waals surface area contributed by atoms with Gasteiger partial charge in [-0.15, -0.1) is 0 Å². The van der Waals surface area contributed by atoms with Gasteiger partial charge in [0.25, 0.3) is 5.91 Å². The molecule has 0 spiro atoms. The van der Waals surface area contributed by atoms with Gasteiger partial charge in [0.2, 0.25) is 10.0 Å². The molecule has 1 aliphatic rings. The van der Waals surface area contributed by atoms with Gasteiger partial charge in [-0.25, -0.2) is 13.2 Å². The summed E-state index contributed by atoms with van der Waals surface area (Å²) < 4.78 is 31.6. The Bertz CT molecular complexity index is 876. The van der Waals surface area contributed by atoms with Crippen LogP contribution in [0.2, 0.25) is 0 Å². The maximum atomic E-state index is 12.5. The van der Waals surface area contributed by atoms with Crippen molar-refractivity contribution in [1.82, 2.24) is 9.62 Å². The van der Waals surface area contributed by atoms with E-state index in [0.717, 1.165) is 19.3 Å². The molecule has 3 unspecified atom stereocenters. The number of carbonyl (C=O) groups is 2. The lowest BCUT2D eigenvalue weighted by Crippen LogP contribution is -2.45. The lowest BCUT2D eigenvalue weighted by Gasteiger charge is -2.30. The van der Waals surface area contributed by atoms with Crippen LogP contribution in [0.1, 0.15) is 58.9 Å². The zero-order chi connectivity index (χ0) is 23.0. The van der Waals surface area contributed by atoms with Crippen molar-refractivity contribution in [3.05, 3.63) is 35.9 Å². The number of nitrogens with one attached hydrogen (secondary N) is 1. The fraction of sp³-hybridized carbons (Fsp3) is 0.565. The average Bonchev–Trinajstić information content (AvgIpc) is 2.74. The Hall–Kier alpha value is -2.19. The Labute approximate surface area is 185 Å². The molecule has 8 heteroatoms. The van der Waals surface area contributed by atoms with Gasteiger partial charge in [-0.2, -0.15) is 4.31 Å². The molecule has 31 heavy (non-hydrogen) atoms. The third-order valence-electron chi connectivity index (χ3n) is 5.74. The zero-order valence-electron chi connectivity index (χ0n) is 18.8. The van der Waals surface area contributed by atoms with E-state index < -0.39 is 22.1 Å². The molecule has 0 aliphatic heterocycles. The zero-order valence-corrected chi connectivity index (χ0v) is 19.7. The summed E-state index contributed by atoms with van der Waals surface area (Å²) >= 11 is 0. The van der Waals surface area contributed by atoms with Gasteiger partial charge in [-0.05, 0) is 49.5 Å². The van der Waals surface area contributed by atoms with Crippen molar-refractivity contribution in [3.8, 4) is 0 Å². The summed E-state index contributed by atoms with van der Waals surface area (Å²) in [5.41, 5.74) is 0.656. The molecule has 0 aromatic heterocycles. The van der Waals surface area contributed by atoms with E-state index in [2.05, 4.69) is 12.2 Å². The highest BCUT2D eigenvalue weighted by Gasteiger charge is 2.26. The summed E-state index contributed by atoms with van der Waals surface area (Å²) in [5.74, 6) is -0.486. The number of amides is 1. The van der Waals surface area contributed by atoms with Crippen molar-refractivity contribution in [2.45, 2.75) is 70.4 Å². The van der Waals surface area contributed by atoms with E-state index in [1.54, 1.807) is 32.9 Å². The van der Waals surface area contributed by atoms with E-state index in [1.165, 1.54) is 35.0 Å². The fourth-order valence-electron chi connectivity index (χ4n) is 3.73. The summed E-state index contributed by atoms with van der Waals surface area (Å²) in [6, 6.07) is 6.41. The monoisotopic (exact) mass is 450 g/mol.